The molecule has 1 aromatic carbocycles. The maximum Gasteiger partial charge on any atom is 0.418 e. The number of amides is 1. The highest BCUT2D eigenvalue weighted by Crippen LogP contribution is 2.39. The number of nitrogens with two attached hydrogens (primary N) is 1. The summed E-state index contributed by atoms with van der Waals surface area (Å²) in [4.78, 5) is 12.2. The number of hydrogen-bond donors (Lipinski definition) is 2. The maximum absolute atomic E-state index is 13.0. The Balaban J connectivity index is 2.21. The number of benzene rings is 1. The molecule has 116 valence electrons. The van der Waals surface area contributed by atoms with Crippen LogP contribution in [-0.2, 0) is 11.0 Å². The Morgan fingerprint density at radius 1 is 1.33 bits per heavy atom. The van der Waals surface area contributed by atoms with E-state index in [1.165, 1.54) is 12.1 Å². The van der Waals surface area contributed by atoms with Crippen LogP contribution in [0.25, 0.3) is 0 Å². The summed E-state index contributed by atoms with van der Waals surface area (Å²) in [6.45, 7) is 0. The molecule has 1 amide bonds. The van der Waals surface area contributed by atoms with Gasteiger partial charge in [-0.1, -0.05) is 24.1 Å². The highest BCUT2D eigenvalue weighted by Gasteiger charge is 2.35. The molecule has 0 spiro atoms. The number of alkyl halides is 3. The van der Waals surface area contributed by atoms with E-state index in [0.29, 0.717) is 12.8 Å². The van der Waals surface area contributed by atoms with Gasteiger partial charge in [-0.2, -0.15) is 13.2 Å². The van der Waals surface area contributed by atoms with E-state index in [1.807, 2.05) is 0 Å². The van der Waals surface area contributed by atoms with Gasteiger partial charge in [0.15, 0.2) is 0 Å². The van der Waals surface area contributed by atoms with Crippen molar-refractivity contribution in [2.45, 2.75) is 37.9 Å². The standard InChI is InChI=1S/C14H16ClF3N2O/c15-11-6-2-5-10(14(16,17)18)12(11)20-13(21)8-3-1-4-9(19)7-8/h2,5-6,8-9H,1,3-4,7,19H2,(H,20,21). The van der Waals surface area contributed by atoms with Crippen molar-refractivity contribution in [3.8, 4) is 0 Å². The molecule has 1 aliphatic carbocycles. The molecule has 0 aliphatic heterocycles. The molecular weight excluding hydrogens is 305 g/mol. The molecule has 0 aromatic heterocycles. The Kier molecular flexibility index (Phi) is 4.78. The van der Waals surface area contributed by atoms with E-state index in [0.717, 1.165) is 18.9 Å². The molecule has 21 heavy (non-hydrogen) atoms. The Labute approximate surface area is 125 Å². The average molecular weight is 321 g/mol. The van der Waals surface area contributed by atoms with Crippen molar-refractivity contribution in [1.82, 2.24) is 0 Å². The molecule has 7 heteroatoms. The molecule has 0 saturated heterocycles. The average Bonchev–Trinajstić information content (AvgIpc) is 2.39. The van der Waals surface area contributed by atoms with Crippen LogP contribution < -0.4 is 11.1 Å². The van der Waals surface area contributed by atoms with Crippen molar-refractivity contribution in [3.63, 3.8) is 0 Å². The minimum atomic E-state index is -4.57. The topological polar surface area (TPSA) is 55.1 Å². The zero-order valence-corrected chi connectivity index (χ0v) is 12.0. The van der Waals surface area contributed by atoms with Gasteiger partial charge in [-0.25, -0.2) is 0 Å². The number of halogens is 4. The lowest BCUT2D eigenvalue weighted by Crippen LogP contribution is -2.34. The first-order valence-electron chi connectivity index (χ1n) is 6.71. The van der Waals surface area contributed by atoms with E-state index in [4.69, 9.17) is 17.3 Å². The molecule has 2 atom stereocenters. The van der Waals surface area contributed by atoms with Crippen molar-refractivity contribution in [2.75, 3.05) is 5.32 Å². The van der Waals surface area contributed by atoms with Crippen LogP contribution >= 0.6 is 11.6 Å². The van der Waals surface area contributed by atoms with Gasteiger partial charge in [0.1, 0.15) is 0 Å². The molecule has 2 rings (SSSR count). The summed E-state index contributed by atoms with van der Waals surface area (Å²) in [7, 11) is 0. The third kappa shape index (κ3) is 3.89. The molecular formula is C14H16ClF3N2O. The van der Waals surface area contributed by atoms with Crippen LogP contribution in [0.2, 0.25) is 5.02 Å². The maximum atomic E-state index is 13.0. The molecule has 0 radical (unpaired) electrons. The van der Waals surface area contributed by atoms with E-state index < -0.39 is 17.6 Å². The number of anilines is 1. The summed E-state index contributed by atoms with van der Waals surface area (Å²) in [6, 6.07) is 3.34. The van der Waals surface area contributed by atoms with Crippen LogP contribution in [0.15, 0.2) is 18.2 Å². The molecule has 1 aromatic rings. The second-order valence-electron chi connectivity index (χ2n) is 5.27. The third-order valence-electron chi connectivity index (χ3n) is 3.65. The number of carbonyl (C=O) groups is 1. The summed E-state index contributed by atoms with van der Waals surface area (Å²) in [5.41, 5.74) is 4.48. The van der Waals surface area contributed by atoms with Gasteiger partial charge < -0.3 is 11.1 Å². The lowest BCUT2D eigenvalue weighted by Gasteiger charge is -2.26. The molecule has 1 aliphatic rings. The second kappa shape index (κ2) is 6.23. The van der Waals surface area contributed by atoms with Gasteiger partial charge in [-0.3, -0.25) is 4.79 Å². The highest BCUT2D eigenvalue weighted by molar-refractivity contribution is 6.34. The van der Waals surface area contributed by atoms with E-state index in [9.17, 15) is 18.0 Å². The fourth-order valence-corrected chi connectivity index (χ4v) is 2.80. The molecule has 3 nitrogen and oxygen atoms in total. The Morgan fingerprint density at radius 2 is 2.05 bits per heavy atom. The second-order valence-corrected chi connectivity index (χ2v) is 5.68. The van der Waals surface area contributed by atoms with Crippen LogP contribution in [0.5, 0.6) is 0 Å². The lowest BCUT2D eigenvalue weighted by molar-refractivity contribution is -0.137. The first-order valence-corrected chi connectivity index (χ1v) is 7.09. The Bertz CT molecular complexity index is 533. The van der Waals surface area contributed by atoms with E-state index in [1.54, 1.807) is 0 Å². The van der Waals surface area contributed by atoms with Gasteiger partial charge in [0.25, 0.3) is 0 Å². The van der Waals surface area contributed by atoms with Crippen molar-refractivity contribution >= 4 is 23.2 Å². The minimum Gasteiger partial charge on any atom is -0.328 e. The number of para-hydroxylation sites is 1. The van der Waals surface area contributed by atoms with Crippen LogP contribution in [-0.4, -0.2) is 11.9 Å². The van der Waals surface area contributed by atoms with Gasteiger partial charge in [0, 0.05) is 12.0 Å². The SMILES string of the molecule is NC1CCCC(C(=O)Nc2c(Cl)cccc2C(F)(F)F)C1. The predicted octanol–water partition coefficient (Wildman–Crippen LogP) is 3.81. The van der Waals surface area contributed by atoms with Gasteiger partial charge in [-0.15, -0.1) is 0 Å². The monoisotopic (exact) mass is 320 g/mol. The number of hydrogen-bond acceptors (Lipinski definition) is 2. The molecule has 2 unspecified atom stereocenters. The number of rotatable bonds is 2. The van der Waals surface area contributed by atoms with E-state index >= 15 is 0 Å². The number of carbonyl (C=O) groups excluding carboxylic acids is 1. The van der Waals surface area contributed by atoms with Crippen LogP contribution in [0.1, 0.15) is 31.2 Å². The predicted molar refractivity (Wildman–Crippen MR) is 75.0 cm³/mol. The van der Waals surface area contributed by atoms with Crippen molar-refractivity contribution in [3.05, 3.63) is 28.8 Å². The first kappa shape index (κ1) is 16.1. The molecule has 1 saturated carbocycles. The number of nitrogens with one attached hydrogen (secondary N) is 1. The molecule has 1 fully saturated rings. The van der Waals surface area contributed by atoms with Gasteiger partial charge in [-0.05, 0) is 31.4 Å². The normalized spacial score (nSPS) is 22.9. The van der Waals surface area contributed by atoms with Gasteiger partial charge >= 0.3 is 6.18 Å². The molecule has 0 heterocycles. The Morgan fingerprint density at radius 3 is 2.67 bits per heavy atom. The third-order valence-corrected chi connectivity index (χ3v) is 3.97. The van der Waals surface area contributed by atoms with Crippen LogP contribution in [0.4, 0.5) is 18.9 Å². The zero-order chi connectivity index (χ0) is 15.6. The molecule has 0 bridgehead atoms. The van der Waals surface area contributed by atoms with Crippen molar-refractivity contribution < 1.29 is 18.0 Å². The minimum absolute atomic E-state index is 0.0807. The summed E-state index contributed by atoms with van der Waals surface area (Å²) in [5, 5.41) is 2.20. The van der Waals surface area contributed by atoms with E-state index in [2.05, 4.69) is 5.32 Å². The summed E-state index contributed by atoms with van der Waals surface area (Å²) in [5.74, 6) is -0.824. The van der Waals surface area contributed by atoms with Crippen molar-refractivity contribution in [2.24, 2.45) is 11.7 Å². The smallest absolute Gasteiger partial charge is 0.328 e. The van der Waals surface area contributed by atoms with E-state index in [-0.39, 0.29) is 22.7 Å². The van der Waals surface area contributed by atoms with Crippen LogP contribution in [0.3, 0.4) is 0 Å². The highest BCUT2D eigenvalue weighted by atomic mass is 35.5. The fraction of sp³-hybridized carbons (Fsp3) is 0.500. The van der Waals surface area contributed by atoms with Gasteiger partial charge in [0.05, 0.1) is 16.3 Å². The summed E-state index contributed by atoms with van der Waals surface area (Å²) in [6.07, 6.45) is -1.82. The first-order chi connectivity index (χ1) is 9.79. The summed E-state index contributed by atoms with van der Waals surface area (Å²) >= 11 is 5.81. The zero-order valence-electron chi connectivity index (χ0n) is 11.2. The lowest BCUT2D eigenvalue weighted by atomic mass is 9.85. The quantitative estimate of drug-likeness (QED) is 0.870. The summed E-state index contributed by atoms with van der Waals surface area (Å²) < 4.78 is 38.9. The fourth-order valence-electron chi connectivity index (χ4n) is 2.58. The van der Waals surface area contributed by atoms with Gasteiger partial charge in [0.2, 0.25) is 5.91 Å². The van der Waals surface area contributed by atoms with Crippen molar-refractivity contribution in [1.29, 1.82) is 0 Å². The molecule has 3 N–H and O–H groups in total. The Hall–Kier alpha value is -1.27. The van der Waals surface area contributed by atoms with Crippen LogP contribution in [0, 0.1) is 5.92 Å². The largest absolute Gasteiger partial charge is 0.418 e.